The molecule has 0 spiro atoms. The summed E-state index contributed by atoms with van der Waals surface area (Å²) in [4.78, 5) is 20.6. The minimum Gasteiger partial charge on any atom is -0.410 e. The number of anilines is 2. The Bertz CT molecular complexity index is 1260. The van der Waals surface area contributed by atoms with Crippen LogP contribution >= 0.6 is 0 Å². The van der Waals surface area contributed by atoms with Gasteiger partial charge in [-0.15, -0.1) is 0 Å². The lowest BCUT2D eigenvalue weighted by Gasteiger charge is -2.10. The van der Waals surface area contributed by atoms with E-state index in [0.717, 1.165) is 0 Å². The molecule has 0 bridgehead atoms. The number of benzene rings is 3. The van der Waals surface area contributed by atoms with Gasteiger partial charge in [-0.2, -0.15) is 10.2 Å². The number of rotatable bonds is 9. The predicted octanol–water partition coefficient (Wildman–Crippen LogP) is 4.64. The van der Waals surface area contributed by atoms with Crippen molar-refractivity contribution in [2.75, 3.05) is 10.9 Å². The summed E-state index contributed by atoms with van der Waals surface area (Å²) >= 11 is 0. The van der Waals surface area contributed by atoms with Crippen molar-refractivity contribution in [3.8, 4) is 0 Å². The maximum atomic E-state index is 10.8. The van der Waals surface area contributed by atoms with Gasteiger partial charge in [0.2, 0.25) is 0 Å². The van der Waals surface area contributed by atoms with Crippen LogP contribution in [-0.2, 0) is 0 Å². The predicted molar refractivity (Wildman–Crippen MR) is 129 cm³/mol. The molecule has 3 N–H and O–H groups in total. The molecule has 12 nitrogen and oxygen atoms in total. The number of oxime groups is 1. The highest BCUT2D eigenvalue weighted by Gasteiger charge is 2.17. The van der Waals surface area contributed by atoms with E-state index >= 15 is 0 Å². The maximum Gasteiger partial charge on any atom is 0.269 e. The zero-order chi connectivity index (χ0) is 24.5. The molecule has 0 saturated carbocycles. The first-order valence-corrected chi connectivity index (χ1v) is 9.80. The molecule has 12 heteroatoms. The topological polar surface area (TPSA) is 168 Å². The van der Waals surface area contributed by atoms with E-state index in [1.54, 1.807) is 31.2 Å². The van der Waals surface area contributed by atoms with E-state index in [-0.39, 0.29) is 28.5 Å². The van der Waals surface area contributed by atoms with Gasteiger partial charge in [-0.25, -0.2) is 0 Å². The summed E-state index contributed by atoms with van der Waals surface area (Å²) in [5.74, 6) is 0. The Hall–Kier alpha value is -5.13. The summed E-state index contributed by atoms with van der Waals surface area (Å²) in [5.41, 5.74) is 7.62. The number of hydrazone groups is 2. The molecule has 0 aliphatic heterocycles. The van der Waals surface area contributed by atoms with Crippen LogP contribution in [0.5, 0.6) is 0 Å². The second-order valence-electron chi connectivity index (χ2n) is 6.80. The first-order chi connectivity index (χ1) is 16.4. The third-order valence-electron chi connectivity index (χ3n) is 4.52. The Balaban J connectivity index is 1.87. The van der Waals surface area contributed by atoms with Gasteiger partial charge >= 0.3 is 0 Å². The average Bonchev–Trinajstić information content (AvgIpc) is 2.86. The first-order valence-electron chi connectivity index (χ1n) is 9.80. The molecule has 34 heavy (non-hydrogen) atoms. The van der Waals surface area contributed by atoms with Crippen molar-refractivity contribution in [1.82, 2.24) is 0 Å². The summed E-state index contributed by atoms with van der Waals surface area (Å²) in [6.45, 7) is 1.60. The lowest BCUT2D eigenvalue weighted by atomic mass is 10.0. The molecule has 0 fully saturated rings. The minimum absolute atomic E-state index is 0.0509. The fourth-order valence-electron chi connectivity index (χ4n) is 2.78. The molecule has 0 aromatic heterocycles. The lowest BCUT2D eigenvalue weighted by molar-refractivity contribution is -0.385. The van der Waals surface area contributed by atoms with Crippen LogP contribution in [0.2, 0.25) is 0 Å². The molecular formula is C22H19N7O5. The van der Waals surface area contributed by atoms with E-state index < -0.39 is 9.85 Å². The zero-order valence-electron chi connectivity index (χ0n) is 17.8. The number of nitrogens with zero attached hydrogens (tertiary/aromatic N) is 5. The van der Waals surface area contributed by atoms with Gasteiger partial charge in [-0.1, -0.05) is 35.5 Å². The van der Waals surface area contributed by atoms with E-state index in [2.05, 4.69) is 26.2 Å². The molecule has 3 aromatic carbocycles. The van der Waals surface area contributed by atoms with E-state index in [9.17, 15) is 25.4 Å². The van der Waals surface area contributed by atoms with E-state index in [0.29, 0.717) is 16.9 Å². The average molecular weight is 461 g/mol. The molecule has 0 aliphatic carbocycles. The third kappa shape index (κ3) is 5.97. The Kier molecular flexibility index (Phi) is 7.58. The van der Waals surface area contributed by atoms with E-state index in [1.165, 1.54) is 48.5 Å². The van der Waals surface area contributed by atoms with Crippen molar-refractivity contribution in [3.63, 3.8) is 0 Å². The van der Waals surface area contributed by atoms with Gasteiger partial charge in [0, 0.05) is 29.8 Å². The number of hydrogen-bond acceptors (Lipinski definition) is 10. The molecule has 172 valence electrons. The van der Waals surface area contributed by atoms with Gasteiger partial charge in [-0.05, 0) is 31.2 Å². The van der Waals surface area contributed by atoms with Crippen molar-refractivity contribution < 1.29 is 15.1 Å². The molecule has 0 aliphatic rings. The molecule has 0 heterocycles. The number of nitrogens with one attached hydrogen (secondary N) is 2. The molecule has 3 rings (SSSR count). The Labute approximate surface area is 193 Å². The number of nitro benzene ring substituents is 2. The zero-order valence-corrected chi connectivity index (χ0v) is 17.8. The van der Waals surface area contributed by atoms with E-state index in [1.807, 2.05) is 6.07 Å². The summed E-state index contributed by atoms with van der Waals surface area (Å²) < 4.78 is 0. The molecule has 0 radical (unpaired) electrons. The van der Waals surface area contributed by atoms with Crippen LogP contribution in [-0.4, -0.2) is 32.2 Å². The van der Waals surface area contributed by atoms with Crippen LogP contribution in [0, 0.1) is 20.2 Å². The fraction of sp³-hybridized carbons (Fsp3) is 0.0455. The van der Waals surface area contributed by atoms with Gasteiger partial charge in [0.05, 0.1) is 26.9 Å². The van der Waals surface area contributed by atoms with Crippen LogP contribution in [0.25, 0.3) is 0 Å². The smallest absolute Gasteiger partial charge is 0.269 e. The van der Waals surface area contributed by atoms with Gasteiger partial charge < -0.3 is 5.21 Å². The largest absolute Gasteiger partial charge is 0.410 e. The van der Waals surface area contributed by atoms with Crippen molar-refractivity contribution >= 4 is 39.9 Å². The lowest BCUT2D eigenvalue weighted by Crippen LogP contribution is -2.25. The molecule has 0 amide bonds. The standard InChI is InChI=1S/C22H19N7O5/c1-15(23-24-17-7-11-19(12-8-17)28(31)32)21(27-30)22(16-5-3-2-4-6-16)26-25-18-9-13-20(14-10-18)29(33)34/h2-14,24-25,30H,1H3/b23-15+,26-22+,27-21+. The highest BCUT2D eigenvalue weighted by molar-refractivity contribution is 6.71. The Morgan fingerprint density at radius 2 is 1.24 bits per heavy atom. The normalized spacial score (nSPS) is 12.2. The molecular weight excluding hydrogens is 442 g/mol. The minimum atomic E-state index is -0.505. The van der Waals surface area contributed by atoms with Crippen molar-refractivity contribution in [1.29, 1.82) is 0 Å². The van der Waals surface area contributed by atoms with E-state index in [4.69, 9.17) is 0 Å². The Morgan fingerprint density at radius 1 is 0.765 bits per heavy atom. The number of non-ortho nitro benzene ring substituents is 2. The molecule has 0 unspecified atom stereocenters. The first kappa shape index (κ1) is 23.5. The number of hydrogen-bond donors (Lipinski definition) is 3. The molecule has 3 aromatic rings. The van der Waals surface area contributed by atoms with Gasteiger partial charge in [0.25, 0.3) is 11.4 Å². The second-order valence-corrected chi connectivity index (χ2v) is 6.80. The van der Waals surface area contributed by atoms with Crippen LogP contribution in [0.15, 0.2) is 94.2 Å². The van der Waals surface area contributed by atoms with Gasteiger partial charge in [-0.3, -0.25) is 31.1 Å². The van der Waals surface area contributed by atoms with Crippen molar-refractivity contribution in [2.45, 2.75) is 6.92 Å². The quantitative estimate of drug-likeness (QED) is 0.180. The Morgan fingerprint density at radius 3 is 1.68 bits per heavy atom. The highest BCUT2D eigenvalue weighted by Crippen LogP contribution is 2.17. The summed E-state index contributed by atoms with van der Waals surface area (Å²) in [6, 6.07) is 20.2. The summed E-state index contributed by atoms with van der Waals surface area (Å²) in [7, 11) is 0. The second kappa shape index (κ2) is 10.9. The highest BCUT2D eigenvalue weighted by atomic mass is 16.6. The maximum absolute atomic E-state index is 10.8. The number of nitro groups is 2. The van der Waals surface area contributed by atoms with Crippen LogP contribution in [0.1, 0.15) is 12.5 Å². The van der Waals surface area contributed by atoms with Crippen molar-refractivity contribution in [3.05, 3.63) is 105 Å². The van der Waals surface area contributed by atoms with Crippen LogP contribution in [0.4, 0.5) is 22.7 Å². The third-order valence-corrected chi connectivity index (χ3v) is 4.52. The van der Waals surface area contributed by atoms with Gasteiger partial charge in [0.1, 0.15) is 5.71 Å². The fourth-order valence-corrected chi connectivity index (χ4v) is 2.78. The van der Waals surface area contributed by atoms with Gasteiger partial charge in [0.15, 0.2) is 5.71 Å². The summed E-state index contributed by atoms with van der Waals surface area (Å²) in [5, 5.41) is 43.3. The van der Waals surface area contributed by atoms with Crippen LogP contribution < -0.4 is 10.9 Å². The molecule has 0 atom stereocenters. The molecule has 0 saturated heterocycles. The summed E-state index contributed by atoms with van der Waals surface area (Å²) in [6.07, 6.45) is 0. The SMILES string of the molecule is CC(=N\Nc1ccc([N+](=O)[O-])cc1)/C(=N\O)C(=N/Nc1ccc([N+](=O)[O-])cc1)/c1ccccc1. The van der Waals surface area contributed by atoms with Crippen LogP contribution in [0.3, 0.4) is 0 Å². The van der Waals surface area contributed by atoms with Crippen molar-refractivity contribution in [2.24, 2.45) is 15.4 Å². The monoisotopic (exact) mass is 461 g/mol.